The first-order valence-electron chi connectivity index (χ1n) is 5.63. The first-order valence-corrected chi connectivity index (χ1v) is 5.63. The molecule has 6 heteroatoms. The maximum absolute atomic E-state index is 10.7. The summed E-state index contributed by atoms with van der Waals surface area (Å²) in [7, 11) is 0. The van der Waals surface area contributed by atoms with E-state index in [1.807, 2.05) is 18.2 Å². The molecule has 1 unspecified atom stereocenters. The molecule has 0 aliphatic carbocycles. The van der Waals surface area contributed by atoms with Gasteiger partial charge >= 0.3 is 0 Å². The molecule has 2 aromatic rings. The number of nitriles is 1. The summed E-state index contributed by atoms with van der Waals surface area (Å²) >= 11 is 0. The van der Waals surface area contributed by atoms with Gasteiger partial charge in [0.25, 0.3) is 0 Å². The minimum Gasteiger partial charge on any atom is -0.381 e. The van der Waals surface area contributed by atoms with Gasteiger partial charge in [0.1, 0.15) is 11.9 Å². The van der Waals surface area contributed by atoms with Crippen molar-refractivity contribution in [3.05, 3.63) is 35.9 Å². The molecule has 96 valence electrons. The Morgan fingerprint density at radius 1 is 1.53 bits per heavy atom. The van der Waals surface area contributed by atoms with Crippen LogP contribution >= 0.6 is 0 Å². The standard InChI is InChI=1S/C13H12N4O2/c14-6-8-5-12(16-7-11(18)13(15)19)17-10-4-2-1-3-9(8)10/h1-5,11,18H,7H2,(H2,15,19)(H,16,17). The number of primary amides is 1. The number of amides is 1. The van der Waals surface area contributed by atoms with E-state index in [0.29, 0.717) is 16.9 Å². The summed E-state index contributed by atoms with van der Waals surface area (Å²) in [5.41, 5.74) is 6.08. The molecule has 0 saturated heterocycles. The van der Waals surface area contributed by atoms with Gasteiger partial charge in [-0.15, -0.1) is 0 Å². The van der Waals surface area contributed by atoms with Crippen LogP contribution in [0.25, 0.3) is 10.9 Å². The molecule has 4 N–H and O–H groups in total. The number of aliphatic hydroxyl groups excluding tert-OH is 1. The number of anilines is 1. The van der Waals surface area contributed by atoms with Crippen LogP contribution in [-0.2, 0) is 4.79 Å². The number of pyridine rings is 1. The maximum atomic E-state index is 10.7. The fourth-order valence-electron chi connectivity index (χ4n) is 1.66. The van der Waals surface area contributed by atoms with Gasteiger partial charge in [0.05, 0.1) is 23.7 Å². The lowest BCUT2D eigenvalue weighted by molar-refractivity contribution is -0.125. The van der Waals surface area contributed by atoms with Crippen LogP contribution in [0.5, 0.6) is 0 Å². The number of nitrogens with zero attached hydrogens (tertiary/aromatic N) is 2. The molecule has 6 nitrogen and oxygen atoms in total. The molecular weight excluding hydrogens is 244 g/mol. The highest BCUT2D eigenvalue weighted by atomic mass is 16.3. The van der Waals surface area contributed by atoms with Gasteiger partial charge in [0, 0.05) is 5.39 Å². The Morgan fingerprint density at radius 2 is 2.26 bits per heavy atom. The zero-order valence-electron chi connectivity index (χ0n) is 10.00. The summed E-state index contributed by atoms with van der Waals surface area (Å²) in [5.74, 6) is -0.399. The number of hydrogen-bond donors (Lipinski definition) is 3. The number of benzene rings is 1. The van der Waals surface area contributed by atoms with E-state index in [-0.39, 0.29) is 6.54 Å². The Bertz CT molecular complexity index is 663. The van der Waals surface area contributed by atoms with Crippen molar-refractivity contribution in [2.45, 2.75) is 6.10 Å². The zero-order valence-corrected chi connectivity index (χ0v) is 10.00. The second kappa shape index (κ2) is 5.33. The number of aromatic nitrogens is 1. The monoisotopic (exact) mass is 256 g/mol. The van der Waals surface area contributed by atoms with E-state index in [4.69, 9.17) is 11.0 Å². The van der Waals surface area contributed by atoms with Crippen LogP contribution in [0.2, 0.25) is 0 Å². The molecule has 0 aliphatic rings. The molecule has 0 bridgehead atoms. The van der Waals surface area contributed by atoms with E-state index in [0.717, 1.165) is 5.39 Å². The summed E-state index contributed by atoms with van der Waals surface area (Å²) in [6, 6.07) is 10.9. The number of fused-ring (bicyclic) bond motifs is 1. The third-order valence-electron chi connectivity index (χ3n) is 2.64. The molecule has 2 rings (SSSR count). The van der Waals surface area contributed by atoms with Crippen LogP contribution in [-0.4, -0.2) is 28.6 Å². The van der Waals surface area contributed by atoms with Gasteiger partial charge in [-0.1, -0.05) is 18.2 Å². The van der Waals surface area contributed by atoms with E-state index < -0.39 is 12.0 Å². The number of nitrogens with one attached hydrogen (secondary N) is 1. The van der Waals surface area contributed by atoms with Crippen LogP contribution in [0, 0.1) is 11.3 Å². The van der Waals surface area contributed by atoms with Crippen molar-refractivity contribution < 1.29 is 9.90 Å². The Hall–Kier alpha value is -2.65. The Kier molecular flexibility index (Phi) is 3.59. The largest absolute Gasteiger partial charge is 0.381 e. The van der Waals surface area contributed by atoms with Crippen molar-refractivity contribution in [3.63, 3.8) is 0 Å². The van der Waals surface area contributed by atoms with Crippen LogP contribution in [0.1, 0.15) is 5.56 Å². The molecule has 0 radical (unpaired) electrons. The number of para-hydroxylation sites is 1. The molecular formula is C13H12N4O2. The van der Waals surface area contributed by atoms with Crippen molar-refractivity contribution in [3.8, 4) is 6.07 Å². The average Bonchev–Trinajstić information content (AvgIpc) is 2.43. The molecule has 1 aromatic carbocycles. The highest BCUT2D eigenvalue weighted by Gasteiger charge is 2.11. The highest BCUT2D eigenvalue weighted by molar-refractivity contribution is 5.86. The summed E-state index contributed by atoms with van der Waals surface area (Å²) in [6.45, 7) is -0.0501. The van der Waals surface area contributed by atoms with Crippen molar-refractivity contribution in [2.24, 2.45) is 5.73 Å². The SMILES string of the molecule is N#Cc1cc(NCC(O)C(N)=O)nc2ccccc12. The lowest BCUT2D eigenvalue weighted by atomic mass is 10.1. The topological polar surface area (TPSA) is 112 Å². The van der Waals surface area contributed by atoms with E-state index in [1.54, 1.807) is 12.1 Å². The van der Waals surface area contributed by atoms with E-state index in [9.17, 15) is 9.90 Å². The predicted molar refractivity (Wildman–Crippen MR) is 70.1 cm³/mol. The third-order valence-corrected chi connectivity index (χ3v) is 2.64. The summed E-state index contributed by atoms with van der Waals surface area (Å²) in [5, 5.41) is 21.9. The average molecular weight is 256 g/mol. The van der Waals surface area contributed by atoms with Crippen molar-refractivity contribution in [2.75, 3.05) is 11.9 Å². The Morgan fingerprint density at radius 3 is 2.95 bits per heavy atom. The first kappa shape index (κ1) is 12.8. The predicted octanol–water partition coefficient (Wildman–Crippen LogP) is 0.365. The van der Waals surface area contributed by atoms with Crippen molar-refractivity contribution in [1.82, 2.24) is 4.98 Å². The number of nitrogens with two attached hydrogens (primary N) is 1. The number of carbonyl (C=O) groups excluding carboxylic acids is 1. The number of hydrogen-bond acceptors (Lipinski definition) is 5. The minimum absolute atomic E-state index is 0.0501. The third kappa shape index (κ3) is 2.78. The molecule has 1 atom stereocenters. The minimum atomic E-state index is -1.29. The van der Waals surface area contributed by atoms with Gasteiger partial charge in [0.15, 0.2) is 0 Å². The zero-order chi connectivity index (χ0) is 13.8. The second-order valence-corrected chi connectivity index (χ2v) is 3.98. The van der Waals surface area contributed by atoms with Crippen molar-refractivity contribution >= 4 is 22.6 Å². The number of carbonyl (C=O) groups is 1. The Labute approximate surface area is 109 Å². The first-order chi connectivity index (χ1) is 9.11. The molecule has 19 heavy (non-hydrogen) atoms. The van der Waals surface area contributed by atoms with Crippen molar-refractivity contribution in [1.29, 1.82) is 5.26 Å². The fourth-order valence-corrected chi connectivity index (χ4v) is 1.66. The molecule has 1 aromatic heterocycles. The van der Waals surface area contributed by atoms with Gasteiger partial charge in [0.2, 0.25) is 5.91 Å². The number of aliphatic hydroxyl groups is 1. The van der Waals surface area contributed by atoms with Gasteiger partial charge in [-0.3, -0.25) is 4.79 Å². The van der Waals surface area contributed by atoms with Gasteiger partial charge < -0.3 is 16.2 Å². The molecule has 1 amide bonds. The van der Waals surface area contributed by atoms with Gasteiger partial charge in [-0.05, 0) is 12.1 Å². The van der Waals surface area contributed by atoms with Crippen LogP contribution < -0.4 is 11.1 Å². The number of rotatable bonds is 4. The molecule has 0 fully saturated rings. The van der Waals surface area contributed by atoms with Gasteiger partial charge in [-0.25, -0.2) is 4.98 Å². The molecule has 0 spiro atoms. The van der Waals surface area contributed by atoms with Crippen LogP contribution in [0.4, 0.5) is 5.82 Å². The lowest BCUT2D eigenvalue weighted by Gasteiger charge is -2.10. The summed E-state index contributed by atoms with van der Waals surface area (Å²) in [4.78, 5) is 15.0. The smallest absolute Gasteiger partial charge is 0.248 e. The Balaban J connectivity index is 2.30. The second-order valence-electron chi connectivity index (χ2n) is 3.98. The summed E-state index contributed by atoms with van der Waals surface area (Å²) < 4.78 is 0. The quantitative estimate of drug-likeness (QED) is 0.731. The highest BCUT2D eigenvalue weighted by Crippen LogP contribution is 2.19. The fraction of sp³-hybridized carbons (Fsp3) is 0.154. The normalized spacial score (nSPS) is 11.8. The lowest BCUT2D eigenvalue weighted by Crippen LogP contribution is -2.34. The molecule has 0 aliphatic heterocycles. The van der Waals surface area contributed by atoms with E-state index >= 15 is 0 Å². The van der Waals surface area contributed by atoms with Gasteiger partial charge in [-0.2, -0.15) is 5.26 Å². The molecule has 1 heterocycles. The summed E-state index contributed by atoms with van der Waals surface area (Å²) in [6.07, 6.45) is -1.29. The van der Waals surface area contributed by atoms with Crippen LogP contribution in [0.3, 0.4) is 0 Å². The van der Waals surface area contributed by atoms with Crippen LogP contribution in [0.15, 0.2) is 30.3 Å². The molecule has 0 saturated carbocycles. The van der Waals surface area contributed by atoms with E-state index in [1.165, 1.54) is 0 Å². The van der Waals surface area contributed by atoms with E-state index in [2.05, 4.69) is 16.4 Å². The maximum Gasteiger partial charge on any atom is 0.248 e.